The van der Waals surface area contributed by atoms with Crippen LogP contribution in [0.1, 0.15) is 17.3 Å². The first-order valence-corrected chi connectivity index (χ1v) is 9.41. The van der Waals surface area contributed by atoms with Crippen LogP contribution in [0.25, 0.3) is 10.9 Å². The minimum atomic E-state index is 0.0577. The Morgan fingerprint density at radius 1 is 1.11 bits per heavy atom. The van der Waals surface area contributed by atoms with Crippen LogP contribution in [0, 0.1) is 0 Å². The smallest absolute Gasteiger partial charge is 0.253 e. The van der Waals surface area contributed by atoms with Crippen LogP contribution < -0.4 is 4.90 Å². The largest absolute Gasteiger partial charge is 0.347 e. The topological polar surface area (TPSA) is 62.2 Å². The van der Waals surface area contributed by atoms with Crippen LogP contribution in [0.2, 0.25) is 5.15 Å². The van der Waals surface area contributed by atoms with Gasteiger partial charge in [-0.25, -0.2) is 0 Å². The summed E-state index contributed by atoms with van der Waals surface area (Å²) in [5, 5.41) is 9.49. The molecule has 0 bridgehead atoms. The van der Waals surface area contributed by atoms with Gasteiger partial charge >= 0.3 is 0 Å². The van der Waals surface area contributed by atoms with Gasteiger partial charge in [-0.2, -0.15) is 0 Å². The molecule has 3 heterocycles. The van der Waals surface area contributed by atoms with Crippen LogP contribution in [-0.2, 0) is 0 Å². The first-order chi connectivity index (χ1) is 13.6. The summed E-state index contributed by atoms with van der Waals surface area (Å²) in [7, 11) is 0. The Morgan fingerprint density at radius 3 is 2.57 bits per heavy atom. The highest BCUT2D eigenvalue weighted by Crippen LogP contribution is 2.28. The van der Waals surface area contributed by atoms with E-state index in [0.717, 1.165) is 10.9 Å². The predicted octanol–water partition coefficient (Wildman–Crippen LogP) is 3.83. The molecule has 1 aromatic carbocycles. The van der Waals surface area contributed by atoms with E-state index >= 15 is 0 Å². The molecule has 3 aromatic rings. The minimum Gasteiger partial charge on any atom is -0.347 e. The monoisotopic (exact) mass is 395 g/mol. The third kappa shape index (κ3) is 3.82. The first-order valence-electron chi connectivity index (χ1n) is 9.03. The zero-order valence-corrected chi connectivity index (χ0v) is 16.5. The summed E-state index contributed by atoms with van der Waals surface area (Å²) in [6, 6.07) is 13.2. The average molecular weight is 396 g/mol. The average Bonchev–Trinajstić information content (AvgIpc) is 2.76. The van der Waals surface area contributed by atoms with Crippen molar-refractivity contribution in [2.45, 2.75) is 13.0 Å². The van der Waals surface area contributed by atoms with Crippen LogP contribution in [0.15, 0.2) is 61.8 Å². The number of carbonyl (C=O) groups is 1. The number of pyridine rings is 1. The Morgan fingerprint density at radius 2 is 1.86 bits per heavy atom. The molecule has 1 aliphatic rings. The summed E-state index contributed by atoms with van der Waals surface area (Å²) >= 11 is 6.15. The number of benzene rings is 1. The molecule has 144 valence electrons. The van der Waals surface area contributed by atoms with Crippen LogP contribution in [0.3, 0.4) is 0 Å². The third-order valence-corrected chi connectivity index (χ3v) is 4.96. The molecule has 1 saturated heterocycles. The third-order valence-electron chi connectivity index (χ3n) is 4.68. The fourth-order valence-corrected chi connectivity index (χ4v) is 3.55. The van der Waals surface area contributed by atoms with Gasteiger partial charge in [-0.1, -0.05) is 29.8 Å². The number of nitrogens with zero attached hydrogens (tertiary/aromatic N) is 5. The second-order valence-corrected chi connectivity index (χ2v) is 6.73. The van der Waals surface area contributed by atoms with Crippen molar-refractivity contribution in [3.05, 3.63) is 72.5 Å². The molecule has 2 aromatic heterocycles. The summed E-state index contributed by atoms with van der Waals surface area (Å²) in [5.41, 5.74) is 1.45. The van der Waals surface area contributed by atoms with Crippen LogP contribution in [0.4, 0.5) is 5.82 Å². The Hall–Kier alpha value is -2.99. The number of carbonyl (C=O) groups excluding carboxylic acids is 1. The second kappa shape index (κ2) is 8.80. The minimum absolute atomic E-state index is 0.0577. The maximum absolute atomic E-state index is 12.7. The fraction of sp³-hybridized carbons (Fsp3) is 0.238. The van der Waals surface area contributed by atoms with E-state index in [0.29, 0.717) is 36.2 Å². The molecule has 1 amide bonds. The SMILES string of the molecule is C=C.CC1CN(C(=O)c2ccccc2)CCN1c1nnc(Cl)c2cccnc12. The van der Waals surface area contributed by atoms with Crippen LogP contribution >= 0.6 is 11.6 Å². The van der Waals surface area contributed by atoms with Crippen molar-refractivity contribution >= 4 is 34.2 Å². The van der Waals surface area contributed by atoms with Gasteiger partial charge in [-0.3, -0.25) is 9.78 Å². The standard InChI is InChI=1S/C19H18ClN5O.C2H4/c1-13-12-24(19(26)14-6-3-2-4-7-14)10-11-25(13)18-16-15(8-5-9-21-16)17(20)22-23-18;1-2/h2-9,13H,10-12H2,1H3;1-2H2. The van der Waals surface area contributed by atoms with Gasteiger partial charge in [-0.05, 0) is 31.2 Å². The molecular formula is C21H22ClN5O. The van der Waals surface area contributed by atoms with E-state index in [1.54, 1.807) is 6.20 Å². The first kappa shape index (κ1) is 19.8. The van der Waals surface area contributed by atoms with E-state index in [2.05, 4.69) is 40.2 Å². The number of rotatable bonds is 2. The van der Waals surface area contributed by atoms with Crippen molar-refractivity contribution in [2.24, 2.45) is 0 Å². The number of hydrogen-bond donors (Lipinski definition) is 0. The lowest BCUT2D eigenvalue weighted by Gasteiger charge is -2.40. The second-order valence-electron chi connectivity index (χ2n) is 6.37. The normalized spacial score (nSPS) is 16.4. The molecule has 6 nitrogen and oxygen atoms in total. The number of anilines is 1. The van der Waals surface area contributed by atoms with E-state index in [4.69, 9.17) is 11.6 Å². The number of hydrogen-bond acceptors (Lipinski definition) is 5. The lowest BCUT2D eigenvalue weighted by atomic mass is 10.1. The van der Waals surface area contributed by atoms with E-state index in [-0.39, 0.29) is 11.9 Å². The zero-order chi connectivity index (χ0) is 20.1. The number of piperazine rings is 1. The molecule has 7 heteroatoms. The Labute approximate surface area is 169 Å². The molecule has 0 saturated carbocycles. The Bertz CT molecular complexity index is 965. The van der Waals surface area contributed by atoms with Crippen LogP contribution in [0.5, 0.6) is 0 Å². The van der Waals surface area contributed by atoms with E-state index in [1.807, 2.05) is 47.4 Å². The van der Waals surface area contributed by atoms with Crippen LogP contribution in [-0.4, -0.2) is 51.7 Å². The zero-order valence-electron chi connectivity index (χ0n) is 15.8. The molecule has 1 fully saturated rings. The molecule has 0 aliphatic carbocycles. The number of halogens is 1. The molecular weight excluding hydrogens is 374 g/mol. The van der Waals surface area contributed by atoms with Gasteiger partial charge in [0.1, 0.15) is 5.52 Å². The fourth-order valence-electron chi connectivity index (χ4n) is 3.36. The molecule has 1 unspecified atom stereocenters. The number of aromatic nitrogens is 3. The highest BCUT2D eigenvalue weighted by Gasteiger charge is 2.29. The van der Waals surface area contributed by atoms with E-state index in [1.165, 1.54) is 0 Å². The number of amides is 1. The summed E-state index contributed by atoms with van der Waals surface area (Å²) in [6.45, 7) is 9.99. The van der Waals surface area contributed by atoms with E-state index in [9.17, 15) is 4.79 Å². The van der Waals surface area contributed by atoms with Crippen molar-refractivity contribution in [2.75, 3.05) is 24.5 Å². The van der Waals surface area contributed by atoms with Gasteiger partial charge in [-0.15, -0.1) is 23.4 Å². The Kier molecular flexibility index (Phi) is 6.21. The molecule has 28 heavy (non-hydrogen) atoms. The van der Waals surface area contributed by atoms with Gasteiger partial charge in [0.15, 0.2) is 11.0 Å². The highest BCUT2D eigenvalue weighted by molar-refractivity contribution is 6.34. The molecule has 4 rings (SSSR count). The van der Waals surface area contributed by atoms with Gasteiger partial charge in [0.25, 0.3) is 5.91 Å². The summed E-state index contributed by atoms with van der Waals surface area (Å²) in [4.78, 5) is 21.2. The quantitative estimate of drug-likeness (QED) is 0.617. The summed E-state index contributed by atoms with van der Waals surface area (Å²) in [6.07, 6.45) is 1.73. The van der Waals surface area contributed by atoms with Crippen molar-refractivity contribution in [3.63, 3.8) is 0 Å². The summed E-state index contributed by atoms with van der Waals surface area (Å²) < 4.78 is 0. The lowest BCUT2D eigenvalue weighted by Crippen LogP contribution is -2.54. The van der Waals surface area contributed by atoms with Crippen molar-refractivity contribution in [1.29, 1.82) is 0 Å². The molecule has 0 N–H and O–H groups in total. The lowest BCUT2D eigenvalue weighted by molar-refractivity contribution is 0.0726. The Balaban J connectivity index is 0.00000109. The van der Waals surface area contributed by atoms with Gasteiger partial charge in [0, 0.05) is 42.8 Å². The summed E-state index contributed by atoms with van der Waals surface area (Å²) in [5.74, 6) is 0.770. The maximum atomic E-state index is 12.7. The number of fused-ring (bicyclic) bond motifs is 1. The van der Waals surface area contributed by atoms with Gasteiger partial charge in [0.2, 0.25) is 0 Å². The molecule has 0 radical (unpaired) electrons. The van der Waals surface area contributed by atoms with E-state index < -0.39 is 0 Å². The van der Waals surface area contributed by atoms with Crippen molar-refractivity contribution in [3.8, 4) is 0 Å². The highest BCUT2D eigenvalue weighted by atomic mass is 35.5. The van der Waals surface area contributed by atoms with Gasteiger partial charge < -0.3 is 9.80 Å². The van der Waals surface area contributed by atoms with Crippen molar-refractivity contribution < 1.29 is 4.79 Å². The molecule has 1 atom stereocenters. The predicted molar refractivity (Wildman–Crippen MR) is 113 cm³/mol. The maximum Gasteiger partial charge on any atom is 0.253 e. The molecule has 1 aliphatic heterocycles. The van der Waals surface area contributed by atoms with Gasteiger partial charge in [0.05, 0.1) is 0 Å². The molecule has 0 spiro atoms. The van der Waals surface area contributed by atoms with Crippen molar-refractivity contribution in [1.82, 2.24) is 20.1 Å².